The van der Waals surface area contributed by atoms with E-state index in [0.29, 0.717) is 43.7 Å². The summed E-state index contributed by atoms with van der Waals surface area (Å²) in [6.07, 6.45) is 3.56. The van der Waals surface area contributed by atoms with E-state index in [4.69, 9.17) is 14.7 Å². The standard InChI is InChI=1S/C24H32FN3O4/c1-5-6-20-24(7-10-27(11-8-24)22(30)32-23(2,3)4)21-18(25)15-17(31-14-9-26)16-19(21)28(20)12-13-29/h6,15-16,29H,5,7-8,10-14H2,1-4H3/b20-6+. The molecular formula is C24H32FN3O4. The molecule has 2 aliphatic heterocycles. The summed E-state index contributed by atoms with van der Waals surface area (Å²) >= 11 is 0. The Kier molecular flexibility index (Phi) is 6.99. The Morgan fingerprint density at radius 1 is 1.34 bits per heavy atom. The summed E-state index contributed by atoms with van der Waals surface area (Å²) in [7, 11) is 0. The molecule has 0 saturated carbocycles. The number of anilines is 1. The highest BCUT2D eigenvalue weighted by molar-refractivity contribution is 5.74. The van der Waals surface area contributed by atoms with Crippen molar-refractivity contribution in [2.75, 3.05) is 37.7 Å². The monoisotopic (exact) mass is 445 g/mol. The Bertz CT molecular complexity index is 924. The number of β-amino-alcohol motifs (C(OH)–C–C–N with tert-alkyl or cyclic N) is 1. The molecule has 0 aliphatic carbocycles. The third-order valence-electron chi connectivity index (χ3n) is 5.89. The molecular weight excluding hydrogens is 413 g/mol. The van der Waals surface area contributed by atoms with Crippen LogP contribution in [0.3, 0.4) is 0 Å². The lowest BCUT2D eigenvalue weighted by atomic mass is 9.71. The lowest BCUT2D eigenvalue weighted by molar-refractivity contribution is 0.0179. The Morgan fingerprint density at radius 2 is 2.03 bits per heavy atom. The zero-order valence-corrected chi connectivity index (χ0v) is 19.3. The van der Waals surface area contributed by atoms with Crippen LogP contribution in [0.4, 0.5) is 14.9 Å². The van der Waals surface area contributed by atoms with Gasteiger partial charge in [-0.1, -0.05) is 13.0 Å². The topological polar surface area (TPSA) is 86.0 Å². The predicted octanol–water partition coefficient (Wildman–Crippen LogP) is 4.10. The van der Waals surface area contributed by atoms with Gasteiger partial charge in [0, 0.05) is 48.4 Å². The second-order valence-electron chi connectivity index (χ2n) is 9.17. The molecule has 1 aromatic rings. The molecule has 2 aliphatic rings. The molecule has 1 amide bonds. The highest BCUT2D eigenvalue weighted by Crippen LogP contribution is 2.55. The normalized spacial score (nSPS) is 18.6. The fourth-order valence-corrected chi connectivity index (χ4v) is 4.71. The molecule has 1 fully saturated rings. The van der Waals surface area contributed by atoms with Crippen LogP contribution in [0.2, 0.25) is 0 Å². The van der Waals surface area contributed by atoms with Gasteiger partial charge in [0.05, 0.1) is 12.3 Å². The summed E-state index contributed by atoms with van der Waals surface area (Å²) in [5.41, 5.74) is 0.987. The summed E-state index contributed by atoms with van der Waals surface area (Å²) in [5, 5.41) is 18.5. The molecule has 7 nitrogen and oxygen atoms in total. The van der Waals surface area contributed by atoms with Crippen LogP contribution in [0.15, 0.2) is 23.9 Å². The average molecular weight is 446 g/mol. The second kappa shape index (κ2) is 9.37. The van der Waals surface area contributed by atoms with Crippen LogP contribution < -0.4 is 9.64 Å². The first-order valence-corrected chi connectivity index (χ1v) is 11.1. The molecule has 2 heterocycles. The van der Waals surface area contributed by atoms with Crippen molar-refractivity contribution >= 4 is 11.8 Å². The van der Waals surface area contributed by atoms with Gasteiger partial charge >= 0.3 is 6.09 Å². The van der Waals surface area contributed by atoms with Crippen molar-refractivity contribution in [2.24, 2.45) is 0 Å². The number of hydrogen-bond donors (Lipinski definition) is 1. The third-order valence-corrected chi connectivity index (χ3v) is 5.89. The molecule has 174 valence electrons. The molecule has 1 spiro atoms. The van der Waals surface area contributed by atoms with Crippen LogP contribution in [0.5, 0.6) is 5.75 Å². The molecule has 0 atom stereocenters. The fraction of sp³-hybridized carbons (Fsp3) is 0.583. The van der Waals surface area contributed by atoms with Gasteiger partial charge in [-0.15, -0.1) is 0 Å². The van der Waals surface area contributed by atoms with Crippen LogP contribution in [0, 0.1) is 17.1 Å². The van der Waals surface area contributed by atoms with Crippen molar-refractivity contribution < 1.29 is 23.8 Å². The molecule has 0 bridgehead atoms. The molecule has 1 aromatic carbocycles. The van der Waals surface area contributed by atoms with E-state index >= 15 is 4.39 Å². The first-order chi connectivity index (χ1) is 15.2. The maximum absolute atomic E-state index is 15.5. The van der Waals surface area contributed by atoms with Gasteiger partial charge < -0.3 is 24.4 Å². The summed E-state index contributed by atoms with van der Waals surface area (Å²) in [6, 6.07) is 4.96. The number of aliphatic hydroxyl groups is 1. The minimum Gasteiger partial charge on any atom is -0.479 e. The lowest BCUT2D eigenvalue weighted by Crippen LogP contribution is -2.48. The molecule has 0 unspecified atom stereocenters. The second-order valence-corrected chi connectivity index (χ2v) is 9.17. The minimum absolute atomic E-state index is 0.0918. The van der Waals surface area contributed by atoms with Gasteiger partial charge in [-0.2, -0.15) is 5.26 Å². The van der Waals surface area contributed by atoms with E-state index in [1.807, 2.05) is 38.7 Å². The third kappa shape index (κ3) is 4.53. The lowest BCUT2D eigenvalue weighted by Gasteiger charge is -2.41. The van der Waals surface area contributed by atoms with Gasteiger partial charge in [0.1, 0.15) is 23.2 Å². The molecule has 0 aromatic heterocycles. The van der Waals surface area contributed by atoms with Gasteiger partial charge in [-0.3, -0.25) is 0 Å². The number of ether oxygens (including phenoxy) is 2. The highest BCUT2D eigenvalue weighted by atomic mass is 19.1. The van der Waals surface area contributed by atoms with Crippen molar-refractivity contribution in [3.8, 4) is 11.8 Å². The summed E-state index contributed by atoms with van der Waals surface area (Å²) < 4.78 is 26.4. The number of carbonyl (C=O) groups is 1. The van der Waals surface area contributed by atoms with Crippen molar-refractivity contribution in [2.45, 2.75) is 58.0 Å². The van der Waals surface area contributed by atoms with Crippen molar-refractivity contribution in [3.05, 3.63) is 35.3 Å². The number of carbonyl (C=O) groups excluding carboxylic acids is 1. The number of benzene rings is 1. The number of rotatable bonds is 5. The zero-order chi connectivity index (χ0) is 23.5. The van der Waals surface area contributed by atoms with Crippen LogP contribution in [0.1, 0.15) is 52.5 Å². The smallest absolute Gasteiger partial charge is 0.410 e. The number of halogens is 1. The quantitative estimate of drug-likeness (QED) is 0.734. The number of fused-ring (bicyclic) bond motifs is 2. The molecule has 32 heavy (non-hydrogen) atoms. The van der Waals surface area contributed by atoms with E-state index in [2.05, 4.69) is 6.08 Å². The minimum atomic E-state index is -0.600. The number of nitrogens with zero attached hydrogens (tertiary/aromatic N) is 3. The first kappa shape index (κ1) is 23.9. The van der Waals surface area contributed by atoms with E-state index in [9.17, 15) is 9.90 Å². The molecule has 1 N–H and O–H groups in total. The van der Waals surface area contributed by atoms with Crippen molar-refractivity contribution in [1.29, 1.82) is 5.26 Å². The van der Waals surface area contributed by atoms with Gasteiger partial charge in [0.2, 0.25) is 0 Å². The van der Waals surface area contributed by atoms with Gasteiger partial charge in [-0.05, 0) is 40.0 Å². The van der Waals surface area contributed by atoms with Crippen molar-refractivity contribution in [3.63, 3.8) is 0 Å². The number of amides is 1. The number of likely N-dealkylation sites (tertiary alicyclic amines) is 1. The average Bonchev–Trinajstić information content (AvgIpc) is 2.96. The van der Waals surface area contributed by atoms with Crippen LogP contribution in [-0.2, 0) is 10.2 Å². The zero-order valence-electron chi connectivity index (χ0n) is 19.3. The Morgan fingerprint density at radius 3 is 2.59 bits per heavy atom. The van der Waals surface area contributed by atoms with Crippen LogP contribution in [0.25, 0.3) is 0 Å². The van der Waals surface area contributed by atoms with Gasteiger partial charge in [0.25, 0.3) is 0 Å². The number of hydrogen-bond acceptors (Lipinski definition) is 6. The summed E-state index contributed by atoms with van der Waals surface area (Å²) in [5.74, 6) is -0.117. The maximum atomic E-state index is 15.5. The Labute approximate surface area is 189 Å². The van der Waals surface area contributed by atoms with E-state index in [1.54, 1.807) is 11.0 Å². The Hall–Kier alpha value is -2.79. The Balaban J connectivity index is 2.00. The molecule has 0 radical (unpaired) electrons. The maximum Gasteiger partial charge on any atom is 0.410 e. The van der Waals surface area contributed by atoms with Gasteiger partial charge in [-0.25, -0.2) is 9.18 Å². The van der Waals surface area contributed by atoms with Crippen molar-refractivity contribution in [1.82, 2.24) is 4.90 Å². The predicted molar refractivity (Wildman–Crippen MR) is 119 cm³/mol. The van der Waals surface area contributed by atoms with Crippen LogP contribution in [-0.4, -0.2) is 54.5 Å². The number of nitriles is 1. The number of piperidine rings is 1. The largest absolute Gasteiger partial charge is 0.479 e. The van der Waals surface area contributed by atoms with E-state index in [-0.39, 0.29) is 25.1 Å². The molecule has 8 heteroatoms. The fourth-order valence-electron chi connectivity index (χ4n) is 4.71. The summed E-state index contributed by atoms with van der Waals surface area (Å²) in [6.45, 7) is 8.45. The highest BCUT2D eigenvalue weighted by Gasteiger charge is 2.51. The number of allylic oxidation sites excluding steroid dienone is 2. The van der Waals surface area contributed by atoms with Crippen LogP contribution >= 0.6 is 0 Å². The van der Waals surface area contributed by atoms with E-state index in [1.165, 1.54) is 6.07 Å². The number of aliphatic hydroxyl groups excluding tert-OH is 1. The molecule has 3 rings (SSSR count). The first-order valence-electron chi connectivity index (χ1n) is 11.1. The summed E-state index contributed by atoms with van der Waals surface area (Å²) in [4.78, 5) is 16.2. The van der Waals surface area contributed by atoms with E-state index in [0.717, 1.165) is 12.1 Å². The van der Waals surface area contributed by atoms with E-state index < -0.39 is 16.8 Å². The SMILES string of the molecule is CC/C=C1/N(CCO)c2cc(OCC#N)cc(F)c2C12CCN(C(=O)OC(C)(C)C)CC2. The molecule has 1 saturated heterocycles. The van der Waals surface area contributed by atoms with Gasteiger partial charge in [0.15, 0.2) is 6.61 Å².